The van der Waals surface area contributed by atoms with Crippen molar-refractivity contribution in [2.75, 3.05) is 22.1 Å². The number of benzene rings is 2. The summed E-state index contributed by atoms with van der Waals surface area (Å²) in [5.41, 5.74) is 1.86. The molecule has 2 unspecified atom stereocenters. The minimum atomic E-state index is -4.29. The summed E-state index contributed by atoms with van der Waals surface area (Å²) in [6.07, 6.45) is -3.65. The fourth-order valence-corrected chi connectivity index (χ4v) is 4.24. The van der Waals surface area contributed by atoms with Gasteiger partial charge in [0.15, 0.2) is 0 Å². The lowest BCUT2D eigenvalue weighted by Crippen LogP contribution is -2.42. The number of fused-ring (bicyclic) bond motifs is 1. The Balaban J connectivity index is 1.43. The molecule has 1 aliphatic carbocycles. The highest BCUT2D eigenvalue weighted by atomic mass is 19.4. The lowest BCUT2D eigenvalue weighted by molar-refractivity contribution is -0.185. The molecule has 9 heteroatoms. The number of amides is 3. The third-order valence-electron chi connectivity index (χ3n) is 5.92. The van der Waals surface area contributed by atoms with Crippen molar-refractivity contribution in [1.29, 1.82) is 0 Å². The fourth-order valence-electron chi connectivity index (χ4n) is 4.24. The number of hydrogen-bond acceptors (Lipinski definition) is 3. The van der Waals surface area contributed by atoms with E-state index in [2.05, 4.69) is 10.6 Å². The van der Waals surface area contributed by atoms with Crippen molar-refractivity contribution in [2.45, 2.75) is 31.9 Å². The maximum Gasteiger partial charge on any atom is 0.391 e. The summed E-state index contributed by atoms with van der Waals surface area (Å²) in [6, 6.07) is 13.1. The van der Waals surface area contributed by atoms with Crippen LogP contribution in [0, 0.1) is 11.8 Å². The van der Waals surface area contributed by atoms with E-state index in [-0.39, 0.29) is 31.2 Å². The molecule has 2 aromatic rings. The van der Waals surface area contributed by atoms with Gasteiger partial charge in [0.25, 0.3) is 5.91 Å². The van der Waals surface area contributed by atoms with Crippen LogP contribution >= 0.6 is 0 Å². The van der Waals surface area contributed by atoms with Gasteiger partial charge in [0.05, 0.1) is 17.3 Å². The summed E-state index contributed by atoms with van der Waals surface area (Å²) in [5.74, 6) is -3.26. The smallest absolute Gasteiger partial charge is 0.326 e. The van der Waals surface area contributed by atoms with Crippen LogP contribution in [0.4, 0.5) is 30.2 Å². The molecule has 0 radical (unpaired) electrons. The van der Waals surface area contributed by atoms with E-state index in [1.807, 2.05) is 0 Å². The molecule has 2 aliphatic rings. The lowest BCUT2D eigenvalue weighted by Gasteiger charge is -2.30. The quantitative estimate of drug-likeness (QED) is 0.725. The molecule has 2 aromatic carbocycles. The molecule has 1 heterocycles. The predicted octanol–water partition coefficient (Wildman–Crippen LogP) is 4.59. The first-order valence-corrected chi connectivity index (χ1v) is 10.4. The van der Waals surface area contributed by atoms with Gasteiger partial charge in [0, 0.05) is 17.2 Å². The van der Waals surface area contributed by atoms with Gasteiger partial charge in [0.2, 0.25) is 11.8 Å². The normalized spacial score (nSPS) is 20.8. The molecule has 3 amide bonds. The molecule has 168 valence electrons. The molecule has 32 heavy (non-hydrogen) atoms. The van der Waals surface area contributed by atoms with Gasteiger partial charge < -0.3 is 10.6 Å². The van der Waals surface area contributed by atoms with Crippen LogP contribution in [0.15, 0.2) is 48.5 Å². The lowest BCUT2D eigenvalue weighted by atomic mass is 9.80. The Labute approximate surface area is 182 Å². The SMILES string of the molecule is O=C1CN(C(=O)c2ccc(NC(=O)C3CCCC(C(F)(F)F)C3)cc2)c2ccccc2N1. The largest absolute Gasteiger partial charge is 0.391 e. The second-order valence-corrected chi connectivity index (χ2v) is 8.13. The number of rotatable bonds is 3. The first-order chi connectivity index (χ1) is 15.2. The van der Waals surface area contributed by atoms with E-state index < -0.39 is 23.9 Å². The molecule has 0 aromatic heterocycles. The molecule has 4 rings (SSSR count). The second kappa shape index (κ2) is 8.64. The summed E-state index contributed by atoms with van der Waals surface area (Å²) < 4.78 is 39.0. The topological polar surface area (TPSA) is 78.5 Å². The van der Waals surface area contributed by atoms with Crippen molar-refractivity contribution in [2.24, 2.45) is 11.8 Å². The molecule has 0 bridgehead atoms. The molecule has 0 saturated heterocycles. The van der Waals surface area contributed by atoms with Crippen LogP contribution < -0.4 is 15.5 Å². The van der Waals surface area contributed by atoms with Gasteiger partial charge in [-0.25, -0.2) is 0 Å². The molecular formula is C23H22F3N3O3. The molecule has 0 spiro atoms. The number of carbonyl (C=O) groups excluding carboxylic acids is 3. The predicted molar refractivity (Wildman–Crippen MR) is 113 cm³/mol. The zero-order valence-corrected chi connectivity index (χ0v) is 17.1. The Bertz CT molecular complexity index is 1040. The van der Waals surface area contributed by atoms with Gasteiger partial charge in [0.1, 0.15) is 6.54 Å². The van der Waals surface area contributed by atoms with E-state index >= 15 is 0 Å². The molecule has 1 aliphatic heterocycles. The minimum Gasteiger partial charge on any atom is -0.326 e. The number of nitrogens with zero attached hydrogens (tertiary/aromatic N) is 1. The third kappa shape index (κ3) is 4.61. The average molecular weight is 445 g/mol. The van der Waals surface area contributed by atoms with Crippen LogP contribution in [0.25, 0.3) is 0 Å². The first-order valence-electron chi connectivity index (χ1n) is 10.4. The summed E-state index contributed by atoms with van der Waals surface area (Å²) in [6.45, 7) is -0.115. The van der Waals surface area contributed by atoms with Crippen LogP contribution in [0.1, 0.15) is 36.0 Å². The maximum absolute atomic E-state index is 13.0. The number of nitrogens with one attached hydrogen (secondary N) is 2. The van der Waals surface area contributed by atoms with Crippen molar-refractivity contribution in [1.82, 2.24) is 0 Å². The van der Waals surface area contributed by atoms with Crippen LogP contribution in [-0.4, -0.2) is 30.4 Å². The van der Waals surface area contributed by atoms with Gasteiger partial charge in [-0.3, -0.25) is 19.3 Å². The van der Waals surface area contributed by atoms with E-state index in [1.54, 1.807) is 24.3 Å². The van der Waals surface area contributed by atoms with E-state index in [0.29, 0.717) is 35.5 Å². The van der Waals surface area contributed by atoms with Crippen LogP contribution in [0.5, 0.6) is 0 Å². The first kappa shape index (κ1) is 21.9. The van der Waals surface area contributed by atoms with E-state index in [4.69, 9.17) is 0 Å². The van der Waals surface area contributed by atoms with Gasteiger partial charge in [-0.15, -0.1) is 0 Å². The van der Waals surface area contributed by atoms with E-state index in [1.165, 1.54) is 29.2 Å². The monoisotopic (exact) mass is 445 g/mol. The number of anilines is 3. The highest BCUT2D eigenvalue weighted by Gasteiger charge is 2.43. The molecular weight excluding hydrogens is 423 g/mol. The second-order valence-electron chi connectivity index (χ2n) is 8.13. The number of halogens is 3. The molecule has 1 saturated carbocycles. The summed E-state index contributed by atoms with van der Waals surface area (Å²) in [7, 11) is 0. The maximum atomic E-state index is 13.0. The summed E-state index contributed by atoms with van der Waals surface area (Å²) in [5, 5.41) is 5.38. The van der Waals surface area contributed by atoms with Crippen molar-refractivity contribution in [3.63, 3.8) is 0 Å². The summed E-state index contributed by atoms with van der Waals surface area (Å²) in [4.78, 5) is 38.8. The van der Waals surface area contributed by atoms with Crippen molar-refractivity contribution < 1.29 is 27.6 Å². The number of hydrogen-bond donors (Lipinski definition) is 2. The Morgan fingerprint density at radius 3 is 2.47 bits per heavy atom. The van der Waals surface area contributed by atoms with Gasteiger partial charge in [-0.05, 0) is 55.7 Å². The van der Waals surface area contributed by atoms with E-state index in [9.17, 15) is 27.6 Å². The Morgan fingerprint density at radius 1 is 1.03 bits per heavy atom. The van der Waals surface area contributed by atoms with Crippen molar-refractivity contribution in [3.8, 4) is 0 Å². The van der Waals surface area contributed by atoms with E-state index in [0.717, 1.165) is 0 Å². The van der Waals surface area contributed by atoms with Crippen LogP contribution in [0.2, 0.25) is 0 Å². The minimum absolute atomic E-state index is 0.0573. The summed E-state index contributed by atoms with van der Waals surface area (Å²) >= 11 is 0. The molecule has 1 fully saturated rings. The molecule has 2 atom stereocenters. The zero-order chi connectivity index (χ0) is 22.9. The highest BCUT2D eigenvalue weighted by molar-refractivity contribution is 6.15. The average Bonchev–Trinajstić information content (AvgIpc) is 2.78. The number of alkyl halides is 3. The Hall–Kier alpha value is -3.36. The highest BCUT2D eigenvalue weighted by Crippen LogP contribution is 2.40. The third-order valence-corrected chi connectivity index (χ3v) is 5.92. The molecule has 2 N–H and O–H groups in total. The van der Waals surface area contributed by atoms with Crippen LogP contribution in [0.3, 0.4) is 0 Å². The van der Waals surface area contributed by atoms with Gasteiger partial charge >= 0.3 is 6.18 Å². The fraction of sp³-hybridized carbons (Fsp3) is 0.348. The van der Waals surface area contributed by atoms with Crippen molar-refractivity contribution >= 4 is 34.8 Å². The Kier molecular flexibility index (Phi) is 5.90. The van der Waals surface area contributed by atoms with Gasteiger partial charge in [-0.1, -0.05) is 18.6 Å². The van der Waals surface area contributed by atoms with Crippen LogP contribution in [-0.2, 0) is 9.59 Å². The zero-order valence-electron chi connectivity index (χ0n) is 17.1. The Morgan fingerprint density at radius 2 is 1.75 bits per heavy atom. The van der Waals surface area contributed by atoms with Crippen molar-refractivity contribution in [3.05, 3.63) is 54.1 Å². The molecule has 6 nitrogen and oxygen atoms in total. The number of para-hydroxylation sites is 2. The number of carbonyl (C=O) groups is 3. The standard InChI is InChI=1S/C23H22F3N3O3/c24-23(25,26)16-5-3-4-15(12-16)21(31)27-17-10-8-14(9-11-17)22(32)29-13-20(30)28-18-6-1-2-7-19(18)29/h1-2,6-11,15-16H,3-5,12-13H2,(H,27,31)(H,28,30). The van der Waals surface area contributed by atoms with Gasteiger partial charge in [-0.2, -0.15) is 13.2 Å².